The third-order valence-corrected chi connectivity index (χ3v) is 3.99. The molecule has 2 rings (SSSR count). The lowest BCUT2D eigenvalue weighted by Crippen LogP contribution is -2.30. The highest BCUT2D eigenvalue weighted by molar-refractivity contribution is 5.94. The van der Waals surface area contributed by atoms with Crippen molar-refractivity contribution in [2.45, 2.75) is 52.6 Å². The van der Waals surface area contributed by atoms with Crippen LogP contribution in [-0.4, -0.2) is 12.0 Å². The molecule has 0 aliphatic carbocycles. The Hall–Kier alpha value is -2.29. The SMILES string of the molecule is CCCc1ccc(OC(C)C(=O)Nc2ccc(C(C)C)cc2)cc1. The van der Waals surface area contributed by atoms with Gasteiger partial charge in [0.2, 0.25) is 0 Å². The number of nitrogens with one attached hydrogen (secondary N) is 1. The number of hydrogen-bond donors (Lipinski definition) is 1. The summed E-state index contributed by atoms with van der Waals surface area (Å²) in [6.07, 6.45) is 1.63. The molecule has 0 aliphatic heterocycles. The molecule has 3 nitrogen and oxygen atoms in total. The summed E-state index contributed by atoms with van der Waals surface area (Å²) in [5.74, 6) is 1.05. The molecule has 24 heavy (non-hydrogen) atoms. The van der Waals surface area contributed by atoms with Crippen molar-refractivity contribution in [3.8, 4) is 5.75 Å². The first-order valence-corrected chi connectivity index (χ1v) is 8.66. The lowest BCUT2D eigenvalue weighted by Gasteiger charge is -2.15. The second kappa shape index (κ2) is 8.53. The standard InChI is InChI=1S/C21H27NO2/c1-5-6-17-7-13-20(14-8-17)24-16(4)21(23)22-19-11-9-18(10-12-19)15(2)3/h7-16H,5-6H2,1-4H3,(H,22,23). The highest BCUT2D eigenvalue weighted by Crippen LogP contribution is 2.18. The second-order valence-corrected chi connectivity index (χ2v) is 6.42. The Kier molecular flexibility index (Phi) is 6.42. The zero-order valence-corrected chi connectivity index (χ0v) is 15.0. The number of aryl methyl sites for hydroxylation is 1. The summed E-state index contributed by atoms with van der Waals surface area (Å²) in [5, 5.41) is 2.90. The summed E-state index contributed by atoms with van der Waals surface area (Å²) in [4.78, 5) is 12.3. The smallest absolute Gasteiger partial charge is 0.265 e. The average Bonchev–Trinajstić information content (AvgIpc) is 2.57. The molecule has 1 N–H and O–H groups in total. The molecule has 1 atom stereocenters. The molecule has 0 bridgehead atoms. The van der Waals surface area contributed by atoms with E-state index in [2.05, 4.69) is 26.1 Å². The van der Waals surface area contributed by atoms with Gasteiger partial charge in [0.15, 0.2) is 6.10 Å². The Balaban J connectivity index is 1.91. The van der Waals surface area contributed by atoms with E-state index in [0.29, 0.717) is 11.7 Å². The minimum Gasteiger partial charge on any atom is -0.481 e. The van der Waals surface area contributed by atoms with Gasteiger partial charge in [-0.05, 0) is 54.7 Å². The van der Waals surface area contributed by atoms with Gasteiger partial charge >= 0.3 is 0 Å². The number of amides is 1. The van der Waals surface area contributed by atoms with Gasteiger partial charge in [-0.25, -0.2) is 0 Å². The molecule has 128 valence electrons. The van der Waals surface area contributed by atoms with Crippen LogP contribution >= 0.6 is 0 Å². The molecule has 2 aromatic carbocycles. The minimum atomic E-state index is -0.549. The van der Waals surface area contributed by atoms with E-state index in [9.17, 15) is 4.79 Å². The molecule has 1 amide bonds. The van der Waals surface area contributed by atoms with E-state index in [1.807, 2.05) is 48.5 Å². The van der Waals surface area contributed by atoms with Gasteiger partial charge in [0.25, 0.3) is 5.91 Å². The lowest BCUT2D eigenvalue weighted by atomic mass is 10.0. The van der Waals surface area contributed by atoms with E-state index in [1.54, 1.807) is 6.92 Å². The molecule has 2 aromatic rings. The zero-order chi connectivity index (χ0) is 17.5. The summed E-state index contributed by atoms with van der Waals surface area (Å²) in [6, 6.07) is 15.9. The number of ether oxygens (including phenoxy) is 1. The number of benzene rings is 2. The maximum absolute atomic E-state index is 12.3. The largest absolute Gasteiger partial charge is 0.481 e. The van der Waals surface area contributed by atoms with Crippen LogP contribution in [0.4, 0.5) is 5.69 Å². The highest BCUT2D eigenvalue weighted by Gasteiger charge is 2.15. The van der Waals surface area contributed by atoms with Crippen molar-refractivity contribution in [1.29, 1.82) is 0 Å². The monoisotopic (exact) mass is 325 g/mol. The van der Waals surface area contributed by atoms with E-state index in [1.165, 1.54) is 11.1 Å². The molecule has 0 spiro atoms. The topological polar surface area (TPSA) is 38.3 Å². The number of carbonyl (C=O) groups excluding carboxylic acids is 1. The fraction of sp³-hybridized carbons (Fsp3) is 0.381. The van der Waals surface area contributed by atoms with Crippen LogP contribution < -0.4 is 10.1 Å². The van der Waals surface area contributed by atoms with E-state index in [-0.39, 0.29) is 5.91 Å². The van der Waals surface area contributed by atoms with Crippen LogP contribution in [0, 0.1) is 0 Å². The van der Waals surface area contributed by atoms with Gasteiger partial charge in [-0.3, -0.25) is 4.79 Å². The quantitative estimate of drug-likeness (QED) is 0.763. The summed E-state index contributed by atoms with van der Waals surface area (Å²) in [6.45, 7) is 8.22. The molecular formula is C21H27NO2. The fourth-order valence-electron chi connectivity index (χ4n) is 2.48. The molecule has 0 heterocycles. The number of anilines is 1. The third kappa shape index (κ3) is 5.12. The van der Waals surface area contributed by atoms with Crippen molar-refractivity contribution in [3.05, 3.63) is 59.7 Å². The summed E-state index contributed by atoms with van der Waals surface area (Å²) >= 11 is 0. The van der Waals surface area contributed by atoms with Crippen molar-refractivity contribution in [3.63, 3.8) is 0 Å². The number of rotatable bonds is 7. The van der Waals surface area contributed by atoms with Crippen LogP contribution in [0.3, 0.4) is 0 Å². The number of carbonyl (C=O) groups is 1. The van der Waals surface area contributed by atoms with Gasteiger partial charge in [0, 0.05) is 5.69 Å². The normalized spacial score (nSPS) is 12.0. The molecule has 0 radical (unpaired) electrons. The summed E-state index contributed by atoms with van der Waals surface area (Å²) in [7, 11) is 0. The van der Waals surface area contributed by atoms with E-state index >= 15 is 0 Å². The molecule has 0 saturated heterocycles. The first-order valence-electron chi connectivity index (χ1n) is 8.66. The van der Waals surface area contributed by atoms with Crippen molar-refractivity contribution < 1.29 is 9.53 Å². The van der Waals surface area contributed by atoms with Crippen LogP contribution in [0.2, 0.25) is 0 Å². The van der Waals surface area contributed by atoms with Crippen LogP contribution in [0.15, 0.2) is 48.5 Å². The van der Waals surface area contributed by atoms with Crippen molar-refractivity contribution in [2.75, 3.05) is 5.32 Å². The summed E-state index contributed by atoms with van der Waals surface area (Å²) < 4.78 is 5.73. The van der Waals surface area contributed by atoms with Gasteiger partial charge in [-0.2, -0.15) is 0 Å². The maximum Gasteiger partial charge on any atom is 0.265 e. The Morgan fingerprint density at radius 1 is 1.00 bits per heavy atom. The van der Waals surface area contributed by atoms with Crippen LogP contribution in [0.1, 0.15) is 51.2 Å². The van der Waals surface area contributed by atoms with Crippen LogP contribution in [0.25, 0.3) is 0 Å². The second-order valence-electron chi connectivity index (χ2n) is 6.42. The molecule has 0 aliphatic rings. The van der Waals surface area contributed by atoms with E-state index in [0.717, 1.165) is 18.5 Å². The van der Waals surface area contributed by atoms with Crippen molar-refractivity contribution in [1.82, 2.24) is 0 Å². The lowest BCUT2D eigenvalue weighted by molar-refractivity contribution is -0.122. The predicted octanol–water partition coefficient (Wildman–Crippen LogP) is 5.17. The van der Waals surface area contributed by atoms with Crippen LogP contribution in [0.5, 0.6) is 5.75 Å². The van der Waals surface area contributed by atoms with Gasteiger partial charge in [0.05, 0.1) is 0 Å². The minimum absolute atomic E-state index is 0.148. The van der Waals surface area contributed by atoms with Gasteiger partial charge in [0.1, 0.15) is 5.75 Å². The molecule has 3 heteroatoms. The molecule has 0 fully saturated rings. The maximum atomic E-state index is 12.3. The van der Waals surface area contributed by atoms with Crippen molar-refractivity contribution >= 4 is 11.6 Å². The Morgan fingerprint density at radius 3 is 2.17 bits per heavy atom. The Bertz CT molecular complexity index is 645. The van der Waals surface area contributed by atoms with Gasteiger partial charge in [-0.15, -0.1) is 0 Å². The average molecular weight is 325 g/mol. The zero-order valence-electron chi connectivity index (χ0n) is 15.0. The van der Waals surface area contributed by atoms with Crippen LogP contribution in [-0.2, 0) is 11.2 Å². The molecule has 0 saturated carbocycles. The fourth-order valence-corrected chi connectivity index (χ4v) is 2.48. The first-order chi connectivity index (χ1) is 11.5. The predicted molar refractivity (Wildman–Crippen MR) is 99.7 cm³/mol. The highest BCUT2D eigenvalue weighted by atomic mass is 16.5. The molecular weight excluding hydrogens is 298 g/mol. The van der Waals surface area contributed by atoms with E-state index in [4.69, 9.17) is 4.74 Å². The van der Waals surface area contributed by atoms with Gasteiger partial charge < -0.3 is 10.1 Å². The van der Waals surface area contributed by atoms with Crippen molar-refractivity contribution in [2.24, 2.45) is 0 Å². The first kappa shape index (κ1) is 18.1. The third-order valence-electron chi connectivity index (χ3n) is 3.99. The summed E-state index contributed by atoms with van der Waals surface area (Å²) in [5.41, 5.74) is 3.33. The Morgan fingerprint density at radius 2 is 1.62 bits per heavy atom. The molecule has 0 aromatic heterocycles. The number of hydrogen-bond acceptors (Lipinski definition) is 2. The Labute approximate surface area is 145 Å². The van der Waals surface area contributed by atoms with Gasteiger partial charge in [-0.1, -0.05) is 51.5 Å². The van der Waals surface area contributed by atoms with E-state index < -0.39 is 6.10 Å². The molecule has 1 unspecified atom stereocenters.